The van der Waals surface area contributed by atoms with Gasteiger partial charge in [0.2, 0.25) is 11.8 Å². The largest absolute Gasteiger partial charge is 0.497 e. The van der Waals surface area contributed by atoms with Crippen molar-refractivity contribution in [2.45, 2.75) is 44.6 Å². The van der Waals surface area contributed by atoms with E-state index in [9.17, 15) is 32.3 Å². The highest BCUT2D eigenvalue weighted by Crippen LogP contribution is 2.23. The molecule has 3 N–H and O–H groups in total. The smallest absolute Gasteiger partial charge is 0.452 e. The number of carbonyl (C=O) groups excluding carboxylic acids is 4. The lowest BCUT2D eigenvalue weighted by atomic mass is 9.97. The molecule has 228 valence electrons. The van der Waals surface area contributed by atoms with Gasteiger partial charge in [-0.05, 0) is 53.4 Å². The van der Waals surface area contributed by atoms with Crippen molar-refractivity contribution in [2.75, 3.05) is 7.11 Å². The molecule has 0 aliphatic rings. The Morgan fingerprint density at radius 3 is 2.05 bits per heavy atom. The standard InChI is InChI=1S/C31H31ClF3N3O5/c1-18(2)25(27(39)31(33,34)35)37-30(42)26(20-12-14-23(43-3)15-13-20)38-29(41)24(17-19-8-7-11-22(32)16-19)36-28(40)21-9-5-4-6-10-21/h4-16,18,24-26H,17H2,1-3H3,(H,36,40)(H,37,42)(H,38,41). The van der Waals surface area contributed by atoms with Gasteiger partial charge in [0, 0.05) is 17.0 Å². The maximum Gasteiger partial charge on any atom is 0.452 e. The van der Waals surface area contributed by atoms with Gasteiger partial charge in [-0.25, -0.2) is 0 Å². The lowest BCUT2D eigenvalue weighted by molar-refractivity contribution is -0.175. The molecule has 3 unspecified atom stereocenters. The topological polar surface area (TPSA) is 114 Å². The first-order valence-electron chi connectivity index (χ1n) is 13.3. The zero-order valence-corrected chi connectivity index (χ0v) is 24.3. The van der Waals surface area contributed by atoms with E-state index in [0.717, 1.165) is 0 Å². The minimum atomic E-state index is -5.19. The van der Waals surface area contributed by atoms with Crippen LogP contribution in [0.4, 0.5) is 13.2 Å². The van der Waals surface area contributed by atoms with E-state index in [1.807, 2.05) is 0 Å². The Labute approximate surface area is 251 Å². The normalized spacial score (nSPS) is 13.4. The highest BCUT2D eigenvalue weighted by Gasteiger charge is 2.45. The van der Waals surface area contributed by atoms with Crippen LogP contribution in [-0.2, 0) is 20.8 Å². The van der Waals surface area contributed by atoms with Gasteiger partial charge in [-0.15, -0.1) is 0 Å². The van der Waals surface area contributed by atoms with Crippen LogP contribution in [0.2, 0.25) is 5.02 Å². The molecule has 0 bridgehead atoms. The van der Waals surface area contributed by atoms with Crippen molar-refractivity contribution < 1.29 is 37.1 Å². The fraction of sp³-hybridized carbons (Fsp3) is 0.290. The second kappa shape index (κ2) is 14.7. The van der Waals surface area contributed by atoms with Crippen molar-refractivity contribution >= 4 is 35.1 Å². The van der Waals surface area contributed by atoms with Gasteiger partial charge in [0.1, 0.15) is 17.8 Å². The summed E-state index contributed by atoms with van der Waals surface area (Å²) in [6.07, 6.45) is -5.21. The van der Waals surface area contributed by atoms with E-state index >= 15 is 0 Å². The highest BCUT2D eigenvalue weighted by atomic mass is 35.5. The number of carbonyl (C=O) groups is 4. The van der Waals surface area contributed by atoms with E-state index in [1.165, 1.54) is 45.2 Å². The van der Waals surface area contributed by atoms with E-state index < -0.39 is 53.7 Å². The Bertz CT molecular complexity index is 1430. The predicted octanol–water partition coefficient (Wildman–Crippen LogP) is 4.82. The molecule has 3 amide bonds. The molecule has 0 aromatic heterocycles. The maximum absolute atomic E-state index is 13.7. The van der Waals surface area contributed by atoms with Crippen LogP contribution in [0, 0.1) is 5.92 Å². The molecule has 3 atom stereocenters. The fourth-order valence-electron chi connectivity index (χ4n) is 4.23. The van der Waals surface area contributed by atoms with Gasteiger partial charge in [-0.2, -0.15) is 13.2 Å². The number of alkyl halides is 3. The van der Waals surface area contributed by atoms with Crippen LogP contribution in [0.5, 0.6) is 5.75 Å². The lowest BCUT2D eigenvalue weighted by Crippen LogP contribution is -2.55. The molecule has 8 nitrogen and oxygen atoms in total. The van der Waals surface area contributed by atoms with Crippen molar-refractivity contribution in [3.8, 4) is 5.75 Å². The molecule has 3 rings (SSSR count). The third-order valence-electron chi connectivity index (χ3n) is 6.51. The maximum atomic E-state index is 13.7. The average Bonchev–Trinajstić information content (AvgIpc) is 2.97. The zero-order valence-electron chi connectivity index (χ0n) is 23.6. The summed E-state index contributed by atoms with van der Waals surface area (Å²) in [5, 5.41) is 7.77. The molecule has 0 aliphatic carbocycles. The molecule has 0 saturated heterocycles. The van der Waals surface area contributed by atoms with Crippen LogP contribution in [0.25, 0.3) is 0 Å². The van der Waals surface area contributed by atoms with Crippen molar-refractivity contribution in [3.63, 3.8) is 0 Å². The Morgan fingerprint density at radius 1 is 0.837 bits per heavy atom. The van der Waals surface area contributed by atoms with Crippen LogP contribution in [0.3, 0.4) is 0 Å². The van der Waals surface area contributed by atoms with Crippen LogP contribution in [0.1, 0.15) is 41.4 Å². The number of rotatable bonds is 12. The van der Waals surface area contributed by atoms with Crippen LogP contribution < -0.4 is 20.7 Å². The third-order valence-corrected chi connectivity index (χ3v) is 6.75. The molecule has 0 spiro atoms. The van der Waals surface area contributed by atoms with Gasteiger partial charge in [-0.1, -0.05) is 67.9 Å². The van der Waals surface area contributed by atoms with Crippen molar-refractivity contribution in [1.29, 1.82) is 0 Å². The Hall–Kier alpha value is -4.38. The van der Waals surface area contributed by atoms with Crippen molar-refractivity contribution in [1.82, 2.24) is 16.0 Å². The Kier molecular flexibility index (Phi) is 11.3. The molecule has 0 saturated carbocycles. The lowest BCUT2D eigenvalue weighted by Gasteiger charge is -2.27. The van der Waals surface area contributed by atoms with Crippen LogP contribution in [-0.4, -0.2) is 48.9 Å². The average molecular weight is 618 g/mol. The van der Waals surface area contributed by atoms with E-state index in [4.69, 9.17) is 16.3 Å². The summed E-state index contributed by atoms with van der Waals surface area (Å²) < 4.78 is 45.0. The number of halogens is 4. The number of amides is 3. The molecule has 0 fully saturated rings. The SMILES string of the molecule is COc1ccc(C(NC(=O)C(Cc2cccc(Cl)c2)NC(=O)c2ccccc2)C(=O)NC(C(=O)C(F)(F)F)C(C)C)cc1. The minimum Gasteiger partial charge on any atom is -0.497 e. The second-order valence-electron chi connectivity index (χ2n) is 10.0. The molecule has 3 aromatic rings. The quantitative estimate of drug-likeness (QED) is 0.270. The first-order valence-corrected chi connectivity index (χ1v) is 13.6. The van der Waals surface area contributed by atoms with Crippen molar-refractivity contribution in [2.24, 2.45) is 5.92 Å². The molecule has 12 heteroatoms. The van der Waals surface area contributed by atoms with E-state index in [1.54, 1.807) is 54.6 Å². The summed E-state index contributed by atoms with van der Waals surface area (Å²) in [4.78, 5) is 52.3. The third kappa shape index (κ3) is 9.31. The summed E-state index contributed by atoms with van der Waals surface area (Å²) in [7, 11) is 1.42. The number of benzene rings is 3. The number of hydrogen-bond acceptors (Lipinski definition) is 5. The van der Waals surface area contributed by atoms with Gasteiger partial charge in [0.05, 0.1) is 13.2 Å². The zero-order chi connectivity index (χ0) is 31.7. The van der Waals surface area contributed by atoms with Crippen LogP contribution in [0.15, 0.2) is 78.9 Å². The number of ketones is 1. The molecular weight excluding hydrogens is 587 g/mol. The Morgan fingerprint density at radius 2 is 1.49 bits per heavy atom. The number of Topliss-reactive ketones (excluding diaryl/α,β-unsaturated/α-hetero) is 1. The number of nitrogens with one attached hydrogen (secondary N) is 3. The first kappa shape index (κ1) is 33.1. The van der Waals surface area contributed by atoms with E-state index in [-0.39, 0.29) is 17.5 Å². The number of methoxy groups -OCH3 is 1. The Balaban J connectivity index is 1.96. The summed E-state index contributed by atoms with van der Waals surface area (Å²) in [5.74, 6) is -5.02. The first-order chi connectivity index (χ1) is 20.3. The molecular formula is C31H31ClF3N3O5. The molecule has 3 aromatic carbocycles. The monoisotopic (exact) mass is 617 g/mol. The summed E-state index contributed by atoms with van der Waals surface area (Å²) in [6, 6.07) is 16.0. The minimum absolute atomic E-state index is 0.0247. The van der Waals surface area contributed by atoms with Gasteiger partial charge in [-0.3, -0.25) is 19.2 Å². The van der Waals surface area contributed by atoms with Crippen molar-refractivity contribution in [3.05, 3.63) is 101 Å². The molecule has 43 heavy (non-hydrogen) atoms. The molecule has 0 radical (unpaired) electrons. The molecule has 0 aliphatic heterocycles. The summed E-state index contributed by atoms with van der Waals surface area (Å²) in [6.45, 7) is 2.71. The second-order valence-corrected chi connectivity index (χ2v) is 10.5. The van der Waals surface area contributed by atoms with Gasteiger partial charge in [0.15, 0.2) is 0 Å². The van der Waals surface area contributed by atoms with E-state index in [2.05, 4.69) is 16.0 Å². The fourth-order valence-corrected chi connectivity index (χ4v) is 4.44. The highest BCUT2D eigenvalue weighted by molar-refractivity contribution is 6.30. The van der Waals surface area contributed by atoms with Crippen LogP contribution >= 0.6 is 11.6 Å². The van der Waals surface area contributed by atoms with E-state index in [0.29, 0.717) is 16.3 Å². The van der Waals surface area contributed by atoms with Gasteiger partial charge >= 0.3 is 6.18 Å². The van der Waals surface area contributed by atoms with Gasteiger partial charge in [0.25, 0.3) is 11.7 Å². The van der Waals surface area contributed by atoms with Gasteiger partial charge < -0.3 is 20.7 Å². The number of hydrogen-bond donors (Lipinski definition) is 3. The summed E-state index contributed by atoms with van der Waals surface area (Å²) >= 11 is 6.11. The summed E-state index contributed by atoms with van der Waals surface area (Å²) in [5.41, 5.74) is 1.08. The molecule has 0 heterocycles. The number of ether oxygens (including phenoxy) is 1. The predicted molar refractivity (Wildman–Crippen MR) is 155 cm³/mol.